The lowest BCUT2D eigenvalue weighted by Gasteiger charge is -2.27. The van der Waals surface area contributed by atoms with E-state index in [1.807, 2.05) is 0 Å². The molecule has 12 heteroatoms. The summed E-state index contributed by atoms with van der Waals surface area (Å²) in [6, 6.07) is 12.2. The SMILES string of the molecule is O=c1cc[nH]c(=O)n1[C@@H]1CN(S(=O)(=O)c2ccc([N+](=O)[O-])cc2)c2ccccc2CO1. The molecule has 2 aromatic carbocycles. The summed E-state index contributed by atoms with van der Waals surface area (Å²) in [6.07, 6.45) is -0.00414. The smallest absolute Gasteiger partial charge is 0.330 e. The number of benzene rings is 2. The van der Waals surface area contributed by atoms with E-state index >= 15 is 0 Å². The molecule has 31 heavy (non-hydrogen) atoms. The lowest BCUT2D eigenvalue weighted by atomic mass is 10.2. The maximum Gasteiger partial charge on any atom is 0.330 e. The number of para-hydroxylation sites is 1. The Bertz CT molecular complexity index is 1330. The number of ether oxygens (including phenoxy) is 1. The van der Waals surface area contributed by atoms with Gasteiger partial charge in [0.1, 0.15) is 0 Å². The molecule has 1 aliphatic heterocycles. The topological polar surface area (TPSA) is 145 Å². The van der Waals surface area contributed by atoms with Gasteiger partial charge < -0.3 is 9.72 Å². The molecule has 1 aromatic heterocycles. The zero-order valence-corrected chi connectivity index (χ0v) is 16.7. The van der Waals surface area contributed by atoms with Gasteiger partial charge in [0.15, 0.2) is 6.23 Å². The van der Waals surface area contributed by atoms with Crippen LogP contribution in [0.5, 0.6) is 0 Å². The van der Waals surface area contributed by atoms with Crippen molar-refractivity contribution in [1.82, 2.24) is 9.55 Å². The van der Waals surface area contributed by atoms with E-state index in [1.165, 1.54) is 6.20 Å². The highest BCUT2D eigenvalue weighted by Gasteiger charge is 2.33. The number of nitrogens with zero attached hydrogens (tertiary/aromatic N) is 3. The summed E-state index contributed by atoms with van der Waals surface area (Å²) >= 11 is 0. The van der Waals surface area contributed by atoms with Crippen molar-refractivity contribution < 1.29 is 18.1 Å². The van der Waals surface area contributed by atoms with Gasteiger partial charge in [0.25, 0.3) is 21.3 Å². The first-order valence-electron chi connectivity index (χ1n) is 9.06. The molecule has 0 bridgehead atoms. The van der Waals surface area contributed by atoms with Crippen molar-refractivity contribution in [3.05, 3.63) is 97.3 Å². The Labute approximate surface area is 175 Å². The van der Waals surface area contributed by atoms with Gasteiger partial charge in [-0.1, -0.05) is 18.2 Å². The molecule has 0 amide bonds. The Morgan fingerprint density at radius 2 is 1.77 bits per heavy atom. The second-order valence-electron chi connectivity index (χ2n) is 6.67. The van der Waals surface area contributed by atoms with Crippen molar-refractivity contribution in [3.8, 4) is 0 Å². The molecule has 160 valence electrons. The zero-order valence-electron chi connectivity index (χ0n) is 15.9. The summed E-state index contributed by atoms with van der Waals surface area (Å²) < 4.78 is 34.5. The summed E-state index contributed by atoms with van der Waals surface area (Å²) in [7, 11) is -4.20. The Morgan fingerprint density at radius 3 is 2.45 bits per heavy atom. The number of anilines is 1. The van der Waals surface area contributed by atoms with E-state index in [0.29, 0.717) is 11.3 Å². The average Bonchev–Trinajstić information content (AvgIpc) is 2.94. The molecule has 0 aliphatic carbocycles. The fourth-order valence-corrected chi connectivity index (χ4v) is 4.81. The largest absolute Gasteiger partial charge is 0.351 e. The highest BCUT2D eigenvalue weighted by Crippen LogP contribution is 2.33. The van der Waals surface area contributed by atoms with Gasteiger partial charge in [0, 0.05) is 30.0 Å². The Hall–Kier alpha value is -3.77. The van der Waals surface area contributed by atoms with Gasteiger partial charge >= 0.3 is 5.69 Å². The molecule has 0 radical (unpaired) electrons. The zero-order chi connectivity index (χ0) is 22.2. The summed E-state index contributed by atoms with van der Waals surface area (Å²) in [5.74, 6) is 0. The molecule has 1 atom stereocenters. The highest BCUT2D eigenvalue weighted by atomic mass is 32.2. The number of non-ortho nitro benzene ring substituents is 1. The number of aromatic nitrogens is 2. The number of hydrogen-bond acceptors (Lipinski definition) is 7. The van der Waals surface area contributed by atoms with Crippen molar-refractivity contribution in [2.24, 2.45) is 0 Å². The number of sulfonamides is 1. The second kappa shape index (κ2) is 7.81. The second-order valence-corrected chi connectivity index (χ2v) is 8.53. The molecule has 1 N–H and O–H groups in total. The summed E-state index contributed by atoms with van der Waals surface area (Å²) in [5, 5.41) is 10.9. The van der Waals surface area contributed by atoms with E-state index in [1.54, 1.807) is 24.3 Å². The normalized spacial score (nSPS) is 16.4. The molecule has 0 fully saturated rings. The molecule has 0 unspecified atom stereocenters. The molecule has 2 heterocycles. The molecule has 4 rings (SSSR count). The van der Waals surface area contributed by atoms with Crippen LogP contribution in [0.2, 0.25) is 0 Å². The minimum absolute atomic E-state index is 0.0338. The van der Waals surface area contributed by atoms with Crippen LogP contribution in [0.4, 0.5) is 11.4 Å². The van der Waals surface area contributed by atoms with Crippen LogP contribution in [0, 0.1) is 10.1 Å². The Morgan fingerprint density at radius 1 is 1.06 bits per heavy atom. The summed E-state index contributed by atoms with van der Waals surface area (Å²) in [6.45, 7) is -0.392. The van der Waals surface area contributed by atoms with Crippen LogP contribution < -0.4 is 15.6 Å². The van der Waals surface area contributed by atoms with Crippen LogP contribution in [-0.2, 0) is 21.4 Å². The Balaban J connectivity index is 1.83. The van der Waals surface area contributed by atoms with Crippen LogP contribution in [0.15, 0.2) is 75.3 Å². The van der Waals surface area contributed by atoms with Gasteiger partial charge in [-0.15, -0.1) is 0 Å². The third-order valence-electron chi connectivity index (χ3n) is 4.83. The number of aromatic amines is 1. The number of fused-ring (bicyclic) bond motifs is 1. The number of rotatable bonds is 4. The van der Waals surface area contributed by atoms with Crippen molar-refractivity contribution in [1.29, 1.82) is 0 Å². The standard InChI is InChI=1S/C19H16N4O7S/c24-17-9-10-20-19(25)22(17)18-11-21(16-4-2-1-3-13(16)12-30-18)31(28,29)15-7-5-14(6-8-15)23(26)27/h1-10,18H,11-12H2,(H,20,25)/t18-/m0/s1. The number of H-pyrrole nitrogens is 1. The predicted octanol–water partition coefficient (Wildman–Crippen LogP) is 1.37. The van der Waals surface area contributed by atoms with E-state index in [0.717, 1.165) is 39.2 Å². The monoisotopic (exact) mass is 444 g/mol. The quantitative estimate of drug-likeness (QED) is 0.472. The van der Waals surface area contributed by atoms with E-state index in [-0.39, 0.29) is 23.7 Å². The van der Waals surface area contributed by atoms with Gasteiger partial charge in [0.05, 0.1) is 28.7 Å². The summed E-state index contributed by atoms with van der Waals surface area (Å²) in [5.41, 5.74) is -0.776. The van der Waals surface area contributed by atoms with E-state index in [4.69, 9.17) is 4.74 Å². The van der Waals surface area contributed by atoms with Crippen molar-refractivity contribution >= 4 is 21.4 Å². The molecule has 0 spiro atoms. The molecule has 0 saturated heterocycles. The minimum Gasteiger partial charge on any atom is -0.351 e. The van der Waals surface area contributed by atoms with E-state index in [9.17, 15) is 28.1 Å². The van der Waals surface area contributed by atoms with Crippen LogP contribution in [0.1, 0.15) is 11.8 Å². The molecule has 11 nitrogen and oxygen atoms in total. The van der Waals surface area contributed by atoms with Gasteiger partial charge in [-0.2, -0.15) is 0 Å². The maximum atomic E-state index is 13.5. The van der Waals surface area contributed by atoms with Gasteiger partial charge in [0.2, 0.25) is 0 Å². The van der Waals surface area contributed by atoms with Crippen LogP contribution in [-0.4, -0.2) is 29.4 Å². The molecular formula is C19H16N4O7S. The Kier molecular flexibility index (Phi) is 5.17. The number of nitro groups is 1. The predicted molar refractivity (Wildman–Crippen MR) is 109 cm³/mol. The molecule has 0 saturated carbocycles. The van der Waals surface area contributed by atoms with E-state index in [2.05, 4.69) is 4.98 Å². The van der Waals surface area contributed by atoms with Crippen molar-refractivity contribution in [2.45, 2.75) is 17.7 Å². The minimum atomic E-state index is -4.20. The molecule has 1 aliphatic rings. The first-order chi connectivity index (χ1) is 14.8. The lowest BCUT2D eigenvalue weighted by Crippen LogP contribution is -2.44. The van der Waals surface area contributed by atoms with Crippen LogP contribution >= 0.6 is 0 Å². The number of hydrogen-bond donors (Lipinski definition) is 1. The summed E-state index contributed by atoms with van der Waals surface area (Å²) in [4.78, 5) is 37.0. The van der Waals surface area contributed by atoms with Crippen LogP contribution in [0.25, 0.3) is 0 Å². The fraction of sp³-hybridized carbons (Fsp3) is 0.158. The fourth-order valence-electron chi connectivity index (χ4n) is 3.31. The van der Waals surface area contributed by atoms with Crippen molar-refractivity contribution in [3.63, 3.8) is 0 Å². The molecule has 3 aromatic rings. The third-order valence-corrected chi connectivity index (χ3v) is 6.62. The van der Waals surface area contributed by atoms with Crippen molar-refractivity contribution in [2.75, 3.05) is 10.8 Å². The first kappa shape index (κ1) is 20.5. The average molecular weight is 444 g/mol. The third kappa shape index (κ3) is 3.73. The highest BCUT2D eigenvalue weighted by molar-refractivity contribution is 7.92. The van der Waals surface area contributed by atoms with Gasteiger partial charge in [-0.25, -0.2) is 17.8 Å². The maximum absolute atomic E-state index is 13.5. The number of nitro benzene ring substituents is 1. The number of nitrogens with one attached hydrogen (secondary N) is 1. The van der Waals surface area contributed by atoms with E-state index < -0.39 is 32.4 Å². The molecular weight excluding hydrogens is 428 g/mol. The van der Waals surface area contributed by atoms with Gasteiger partial charge in [-0.05, 0) is 18.2 Å². The lowest BCUT2D eigenvalue weighted by molar-refractivity contribution is -0.384. The van der Waals surface area contributed by atoms with Gasteiger partial charge in [-0.3, -0.25) is 19.2 Å². The van der Waals surface area contributed by atoms with Crippen LogP contribution in [0.3, 0.4) is 0 Å². The first-order valence-corrected chi connectivity index (χ1v) is 10.5.